The van der Waals surface area contributed by atoms with Crippen molar-refractivity contribution in [2.24, 2.45) is 0 Å². The Bertz CT molecular complexity index is 758. The first-order valence-electron chi connectivity index (χ1n) is 9.35. The summed E-state index contributed by atoms with van der Waals surface area (Å²) in [6.45, 7) is 2.10. The van der Waals surface area contributed by atoms with E-state index in [1.807, 2.05) is 49.4 Å². The van der Waals surface area contributed by atoms with Crippen LogP contribution in [0.1, 0.15) is 37.3 Å². The monoisotopic (exact) mass is 350 g/mol. The van der Waals surface area contributed by atoms with Crippen molar-refractivity contribution in [2.45, 2.75) is 45.1 Å². The maximum Gasteiger partial charge on any atom is 0.240 e. The number of rotatable bonds is 6. The number of fused-ring (bicyclic) bond motifs is 1. The summed E-state index contributed by atoms with van der Waals surface area (Å²) < 4.78 is 0. The SMILES string of the molecule is CC(CCc1ccccc1)NC(=O)CN1C(=O)CCCc2ccccc21. The molecule has 0 aromatic heterocycles. The molecular weight excluding hydrogens is 324 g/mol. The molecule has 2 aromatic carbocycles. The van der Waals surface area contributed by atoms with E-state index in [4.69, 9.17) is 0 Å². The second kappa shape index (κ2) is 8.65. The minimum absolute atomic E-state index is 0.0297. The number of para-hydroxylation sites is 1. The van der Waals surface area contributed by atoms with E-state index in [-0.39, 0.29) is 24.4 Å². The average molecular weight is 350 g/mol. The molecule has 0 spiro atoms. The van der Waals surface area contributed by atoms with Crippen LogP contribution < -0.4 is 10.2 Å². The Morgan fingerprint density at radius 1 is 1.08 bits per heavy atom. The molecule has 4 heteroatoms. The molecule has 0 radical (unpaired) electrons. The van der Waals surface area contributed by atoms with Crippen LogP contribution in [0.25, 0.3) is 0 Å². The maximum atomic E-state index is 12.5. The molecule has 136 valence electrons. The highest BCUT2D eigenvalue weighted by atomic mass is 16.2. The third kappa shape index (κ3) is 4.72. The van der Waals surface area contributed by atoms with E-state index in [1.165, 1.54) is 5.56 Å². The molecule has 4 nitrogen and oxygen atoms in total. The Labute approximate surface area is 155 Å². The Hall–Kier alpha value is -2.62. The fourth-order valence-electron chi connectivity index (χ4n) is 3.42. The van der Waals surface area contributed by atoms with Crippen LogP contribution in [-0.2, 0) is 22.4 Å². The molecule has 0 bridgehead atoms. The smallest absolute Gasteiger partial charge is 0.240 e. The second-order valence-corrected chi connectivity index (χ2v) is 6.95. The van der Waals surface area contributed by atoms with Gasteiger partial charge in [0, 0.05) is 18.2 Å². The second-order valence-electron chi connectivity index (χ2n) is 6.95. The maximum absolute atomic E-state index is 12.5. The van der Waals surface area contributed by atoms with E-state index < -0.39 is 0 Å². The lowest BCUT2D eigenvalue weighted by molar-refractivity contribution is -0.124. The quantitative estimate of drug-likeness (QED) is 0.867. The normalized spacial score (nSPS) is 15.1. The number of nitrogens with zero attached hydrogens (tertiary/aromatic N) is 1. The van der Waals surface area contributed by atoms with E-state index in [9.17, 15) is 9.59 Å². The summed E-state index contributed by atoms with van der Waals surface area (Å²) in [5, 5.41) is 3.04. The highest BCUT2D eigenvalue weighted by Crippen LogP contribution is 2.26. The summed E-state index contributed by atoms with van der Waals surface area (Å²) in [4.78, 5) is 26.6. The Balaban J connectivity index is 1.57. The number of carbonyl (C=O) groups excluding carboxylic acids is 2. The van der Waals surface area contributed by atoms with Gasteiger partial charge in [-0.1, -0.05) is 48.5 Å². The zero-order valence-electron chi connectivity index (χ0n) is 15.3. The van der Waals surface area contributed by atoms with Crippen molar-refractivity contribution in [3.63, 3.8) is 0 Å². The lowest BCUT2D eigenvalue weighted by atomic mass is 10.1. The third-order valence-electron chi connectivity index (χ3n) is 4.84. The largest absolute Gasteiger partial charge is 0.352 e. The molecule has 0 saturated carbocycles. The number of benzene rings is 2. The van der Waals surface area contributed by atoms with Crippen molar-refractivity contribution in [1.82, 2.24) is 5.32 Å². The van der Waals surface area contributed by atoms with Gasteiger partial charge in [0.2, 0.25) is 11.8 Å². The molecular formula is C22H26N2O2. The van der Waals surface area contributed by atoms with Gasteiger partial charge in [0.25, 0.3) is 0 Å². The Morgan fingerprint density at radius 3 is 2.62 bits per heavy atom. The molecule has 1 N–H and O–H groups in total. The molecule has 26 heavy (non-hydrogen) atoms. The summed E-state index contributed by atoms with van der Waals surface area (Å²) in [6.07, 6.45) is 4.01. The van der Waals surface area contributed by atoms with Gasteiger partial charge in [-0.05, 0) is 49.8 Å². The van der Waals surface area contributed by atoms with Crippen molar-refractivity contribution < 1.29 is 9.59 Å². The van der Waals surface area contributed by atoms with Crippen molar-refractivity contribution in [3.8, 4) is 0 Å². The molecule has 1 unspecified atom stereocenters. The number of aryl methyl sites for hydroxylation is 2. The minimum atomic E-state index is -0.101. The Kier molecular flexibility index (Phi) is 6.05. The molecule has 2 amide bonds. The fraction of sp³-hybridized carbons (Fsp3) is 0.364. The topological polar surface area (TPSA) is 49.4 Å². The molecule has 3 rings (SSSR count). The predicted octanol–water partition coefficient (Wildman–Crippen LogP) is 3.49. The first-order chi connectivity index (χ1) is 12.6. The molecule has 0 saturated heterocycles. The lowest BCUT2D eigenvalue weighted by Gasteiger charge is -2.23. The van der Waals surface area contributed by atoms with Crippen LogP contribution >= 0.6 is 0 Å². The van der Waals surface area contributed by atoms with Crippen molar-refractivity contribution >= 4 is 17.5 Å². The molecule has 1 aliphatic heterocycles. The third-order valence-corrected chi connectivity index (χ3v) is 4.84. The van der Waals surface area contributed by atoms with Gasteiger partial charge in [-0.2, -0.15) is 0 Å². The molecule has 0 fully saturated rings. The molecule has 0 aliphatic carbocycles. The van der Waals surface area contributed by atoms with Crippen molar-refractivity contribution in [1.29, 1.82) is 0 Å². The van der Waals surface area contributed by atoms with E-state index in [2.05, 4.69) is 17.4 Å². The van der Waals surface area contributed by atoms with E-state index in [0.29, 0.717) is 6.42 Å². The lowest BCUT2D eigenvalue weighted by Crippen LogP contribution is -2.43. The van der Waals surface area contributed by atoms with E-state index in [1.54, 1.807) is 4.90 Å². The molecule has 1 heterocycles. The van der Waals surface area contributed by atoms with Crippen LogP contribution in [0.3, 0.4) is 0 Å². The van der Waals surface area contributed by atoms with Crippen LogP contribution in [0.2, 0.25) is 0 Å². The summed E-state index contributed by atoms with van der Waals surface area (Å²) in [5.74, 6) is -0.0716. The number of nitrogens with one attached hydrogen (secondary N) is 1. The van der Waals surface area contributed by atoms with E-state index in [0.717, 1.165) is 36.9 Å². The Morgan fingerprint density at radius 2 is 1.81 bits per heavy atom. The first kappa shape index (κ1) is 18.2. The van der Waals surface area contributed by atoms with E-state index >= 15 is 0 Å². The summed E-state index contributed by atoms with van der Waals surface area (Å²) in [7, 11) is 0. The summed E-state index contributed by atoms with van der Waals surface area (Å²) in [5.41, 5.74) is 3.29. The van der Waals surface area contributed by atoms with Crippen LogP contribution in [0.15, 0.2) is 54.6 Å². The number of amides is 2. The summed E-state index contributed by atoms with van der Waals surface area (Å²) >= 11 is 0. The fourth-order valence-corrected chi connectivity index (χ4v) is 3.42. The standard InChI is InChI=1S/C22H26N2O2/c1-17(14-15-18-8-3-2-4-9-18)23-21(25)16-24-20-12-6-5-10-19(20)11-7-13-22(24)26/h2-6,8-10,12,17H,7,11,13-16H2,1H3,(H,23,25). The van der Waals surface area contributed by atoms with Gasteiger partial charge in [0.05, 0.1) is 0 Å². The highest BCUT2D eigenvalue weighted by Gasteiger charge is 2.24. The minimum Gasteiger partial charge on any atom is -0.352 e. The van der Waals surface area contributed by atoms with Gasteiger partial charge in [0.15, 0.2) is 0 Å². The van der Waals surface area contributed by atoms with Gasteiger partial charge in [0.1, 0.15) is 6.54 Å². The van der Waals surface area contributed by atoms with Crippen LogP contribution in [0, 0.1) is 0 Å². The van der Waals surface area contributed by atoms with Crippen LogP contribution in [0.4, 0.5) is 5.69 Å². The summed E-state index contributed by atoms with van der Waals surface area (Å²) in [6, 6.07) is 18.2. The molecule has 1 atom stereocenters. The number of anilines is 1. The first-order valence-corrected chi connectivity index (χ1v) is 9.35. The van der Waals surface area contributed by atoms with Gasteiger partial charge in [-0.3, -0.25) is 9.59 Å². The van der Waals surface area contributed by atoms with Gasteiger partial charge < -0.3 is 10.2 Å². The highest BCUT2D eigenvalue weighted by molar-refractivity contribution is 5.99. The van der Waals surface area contributed by atoms with Crippen molar-refractivity contribution in [2.75, 3.05) is 11.4 Å². The zero-order valence-corrected chi connectivity index (χ0v) is 15.3. The number of hydrogen-bond acceptors (Lipinski definition) is 2. The predicted molar refractivity (Wildman–Crippen MR) is 104 cm³/mol. The van der Waals surface area contributed by atoms with Gasteiger partial charge in [-0.25, -0.2) is 0 Å². The molecule has 1 aliphatic rings. The van der Waals surface area contributed by atoms with Crippen LogP contribution in [0.5, 0.6) is 0 Å². The van der Waals surface area contributed by atoms with Gasteiger partial charge in [-0.15, -0.1) is 0 Å². The average Bonchev–Trinajstić information content (AvgIpc) is 2.80. The molecule has 2 aromatic rings. The number of hydrogen-bond donors (Lipinski definition) is 1. The number of carbonyl (C=O) groups is 2. The van der Waals surface area contributed by atoms with Crippen LogP contribution in [-0.4, -0.2) is 24.4 Å². The zero-order chi connectivity index (χ0) is 18.4. The van der Waals surface area contributed by atoms with Gasteiger partial charge >= 0.3 is 0 Å². The van der Waals surface area contributed by atoms with Crippen molar-refractivity contribution in [3.05, 3.63) is 65.7 Å².